The maximum atomic E-state index is 12.6. The molecule has 1 fully saturated rings. The lowest BCUT2D eigenvalue weighted by molar-refractivity contribution is -0.120. The van der Waals surface area contributed by atoms with Crippen molar-refractivity contribution in [3.05, 3.63) is 65.0 Å². The fraction of sp³-hybridized carbons (Fsp3) is 0.167. The number of carbonyl (C=O) groups excluding carboxylic acids is 1. The summed E-state index contributed by atoms with van der Waals surface area (Å²) in [5.74, 6) is -0.597. The van der Waals surface area contributed by atoms with E-state index in [9.17, 15) is 13.2 Å². The van der Waals surface area contributed by atoms with Crippen LogP contribution in [0.15, 0.2) is 68.7 Å². The summed E-state index contributed by atoms with van der Waals surface area (Å²) in [4.78, 5) is 12.4. The van der Waals surface area contributed by atoms with Crippen molar-refractivity contribution in [3.63, 3.8) is 0 Å². The molecule has 1 amide bonds. The Morgan fingerprint density at radius 2 is 1.96 bits per heavy atom. The van der Waals surface area contributed by atoms with Crippen LogP contribution in [-0.2, 0) is 14.8 Å². The number of hydrogen-bond donors (Lipinski definition) is 1. The SMILES string of the molecule is O=C(NS(=O)(=O)c1cccc(-c2nnco2)c1)[C@@H]1C[C@H]1c1ccc(Br)cc1. The zero-order chi connectivity index (χ0) is 19.0. The molecule has 0 saturated heterocycles. The van der Waals surface area contributed by atoms with Crippen LogP contribution in [0.3, 0.4) is 0 Å². The van der Waals surface area contributed by atoms with Crippen LogP contribution in [0.2, 0.25) is 0 Å². The van der Waals surface area contributed by atoms with Crippen LogP contribution in [-0.4, -0.2) is 24.5 Å². The quantitative estimate of drug-likeness (QED) is 0.644. The fourth-order valence-electron chi connectivity index (χ4n) is 2.93. The zero-order valence-electron chi connectivity index (χ0n) is 13.9. The third-order valence-corrected chi connectivity index (χ3v) is 6.28. The molecule has 0 radical (unpaired) electrons. The van der Waals surface area contributed by atoms with Crippen molar-refractivity contribution >= 4 is 31.9 Å². The van der Waals surface area contributed by atoms with Crippen molar-refractivity contribution in [1.29, 1.82) is 0 Å². The molecule has 3 aromatic rings. The first-order valence-electron chi connectivity index (χ1n) is 8.13. The summed E-state index contributed by atoms with van der Waals surface area (Å²) in [6.45, 7) is 0. The highest BCUT2D eigenvalue weighted by molar-refractivity contribution is 9.10. The first-order chi connectivity index (χ1) is 12.9. The molecule has 138 valence electrons. The predicted octanol–water partition coefficient (Wildman–Crippen LogP) is 3.11. The highest BCUT2D eigenvalue weighted by atomic mass is 79.9. The number of hydrogen-bond acceptors (Lipinski definition) is 6. The fourth-order valence-corrected chi connectivity index (χ4v) is 4.26. The van der Waals surface area contributed by atoms with Gasteiger partial charge in [0.25, 0.3) is 10.0 Å². The van der Waals surface area contributed by atoms with E-state index in [2.05, 4.69) is 30.8 Å². The van der Waals surface area contributed by atoms with E-state index < -0.39 is 15.9 Å². The van der Waals surface area contributed by atoms with Gasteiger partial charge in [-0.15, -0.1) is 10.2 Å². The third kappa shape index (κ3) is 3.79. The van der Waals surface area contributed by atoms with Crippen LogP contribution in [0.4, 0.5) is 0 Å². The average Bonchev–Trinajstić information content (AvgIpc) is 3.27. The molecule has 0 bridgehead atoms. The smallest absolute Gasteiger partial charge is 0.264 e. The molecule has 9 heteroatoms. The summed E-state index contributed by atoms with van der Waals surface area (Å²) in [7, 11) is -3.99. The molecule has 0 spiro atoms. The minimum atomic E-state index is -3.99. The Balaban J connectivity index is 1.48. The van der Waals surface area contributed by atoms with E-state index >= 15 is 0 Å². The van der Waals surface area contributed by atoms with Crippen LogP contribution >= 0.6 is 15.9 Å². The molecule has 2 atom stereocenters. The molecule has 1 N–H and O–H groups in total. The van der Waals surface area contributed by atoms with Crippen molar-refractivity contribution in [2.24, 2.45) is 5.92 Å². The predicted molar refractivity (Wildman–Crippen MR) is 100 cm³/mol. The van der Waals surface area contributed by atoms with Crippen molar-refractivity contribution in [3.8, 4) is 11.5 Å². The summed E-state index contributed by atoms with van der Waals surface area (Å²) in [5.41, 5.74) is 1.48. The number of aromatic nitrogens is 2. The Kier molecular flexibility index (Phi) is 4.56. The normalized spacial score (nSPS) is 18.9. The van der Waals surface area contributed by atoms with E-state index in [4.69, 9.17) is 4.42 Å². The lowest BCUT2D eigenvalue weighted by atomic mass is 10.1. The van der Waals surface area contributed by atoms with Crippen molar-refractivity contribution in [2.45, 2.75) is 17.2 Å². The van der Waals surface area contributed by atoms with Gasteiger partial charge in [-0.2, -0.15) is 0 Å². The second-order valence-electron chi connectivity index (χ2n) is 6.24. The molecule has 7 nitrogen and oxygen atoms in total. The number of nitrogens with one attached hydrogen (secondary N) is 1. The second kappa shape index (κ2) is 6.90. The number of benzene rings is 2. The molecule has 1 heterocycles. The molecule has 0 unspecified atom stereocenters. The summed E-state index contributed by atoms with van der Waals surface area (Å²) in [6, 6.07) is 13.7. The summed E-state index contributed by atoms with van der Waals surface area (Å²) in [6.07, 6.45) is 1.79. The van der Waals surface area contributed by atoms with Gasteiger partial charge in [-0.05, 0) is 48.2 Å². The molecule has 0 aliphatic heterocycles. The van der Waals surface area contributed by atoms with Gasteiger partial charge in [0.1, 0.15) is 0 Å². The Bertz CT molecular complexity index is 1080. The van der Waals surface area contributed by atoms with Crippen molar-refractivity contribution in [2.75, 3.05) is 0 Å². The van der Waals surface area contributed by atoms with Crippen LogP contribution in [0.5, 0.6) is 0 Å². The van der Waals surface area contributed by atoms with Gasteiger partial charge in [0.2, 0.25) is 18.2 Å². The van der Waals surface area contributed by atoms with Gasteiger partial charge in [-0.25, -0.2) is 13.1 Å². The maximum Gasteiger partial charge on any atom is 0.264 e. The Morgan fingerprint density at radius 1 is 1.19 bits per heavy atom. The molecular formula is C18H14BrN3O4S. The Labute approximate surface area is 164 Å². The first-order valence-corrected chi connectivity index (χ1v) is 10.4. The number of halogens is 1. The summed E-state index contributed by atoms with van der Waals surface area (Å²) < 4.78 is 33.4. The lowest BCUT2D eigenvalue weighted by Gasteiger charge is -2.08. The zero-order valence-corrected chi connectivity index (χ0v) is 16.3. The number of rotatable bonds is 5. The third-order valence-electron chi connectivity index (χ3n) is 4.41. The molecule has 4 rings (SSSR count). The van der Waals surface area contributed by atoms with E-state index in [1.165, 1.54) is 12.1 Å². The Hall–Kier alpha value is -2.52. The highest BCUT2D eigenvalue weighted by Crippen LogP contribution is 2.47. The van der Waals surface area contributed by atoms with E-state index in [1.807, 2.05) is 24.3 Å². The van der Waals surface area contributed by atoms with Gasteiger partial charge in [-0.3, -0.25) is 4.79 Å². The molecule has 1 aliphatic rings. The van der Waals surface area contributed by atoms with Gasteiger partial charge in [0.15, 0.2) is 0 Å². The van der Waals surface area contributed by atoms with Gasteiger partial charge < -0.3 is 4.42 Å². The van der Waals surface area contributed by atoms with E-state index in [0.717, 1.165) is 16.4 Å². The van der Waals surface area contributed by atoms with Gasteiger partial charge in [-0.1, -0.05) is 34.1 Å². The number of carbonyl (C=O) groups is 1. The van der Waals surface area contributed by atoms with Gasteiger partial charge in [0.05, 0.1) is 4.90 Å². The maximum absolute atomic E-state index is 12.6. The van der Waals surface area contributed by atoms with Gasteiger partial charge in [0, 0.05) is 16.0 Å². The number of nitrogens with zero attached hydrogens (tertiary/aromatic N) is 2. The number of amides is 1. The standard InChI is InChI=1S/C18H14BrN3O4S/c19-13-6-4-11(5-7-13)15-9-16(15)17(23)22-27(24,25)14-3-1-2-12(8-14)18-21-20-10-26-18/h1-8,10,15-16H,9H2,(H,22,23)/t15-,16+/m0/s1. The number of sulfonamides is 1. The monoisotopic (exact) mass is 447 g/mol. The highest BCUT2D eigenvalue weighted by Gasteiger charge is 2.45. The minimum absolute atomic E-state index is 0.0348. The summed E-state index contributed by atoms with van der Waals surface area (Å²) in [5, 5.41) is 7.33. The molecule has 1 aromatic heterocycles. The molecule has 2 aromatic carbocycles. The molecular weight excluding hydrogens is 434 g/mol. The Morgan fingerprint density at radius 3 is 2.67 bits per heavy atom. The van der Waals surface area contributed by atoms with Gasteiger partial charge >= 0.3 is 0 Å². The minimum Gasteiger partial charge on any atom is -0.423 e. The topological polar surface area (TPSA) is 102 Å². The summed E-state index contributed by atoms with van der Waals surface area (Å²) >= 11 is 3.37. The van der Waals surface area contributed by atoms with Crippen LogP contribution < -0.4 is 4.72 Å². The largest absolute Gasteiger partial charge is 0.423 e. The second-order valence-corrected chi connectivity index (χ2v) is 8.84. The van der Waals surface area contributed by atoms with Crippen molar-refractivity contribution in [1.82, 2.24) is 14.9 Å². The molecule has 1 saturated carbocycles. The lowest BCUT2D eigenvalue weighted by Crippen LogP contribution is -2.32. The molecule has 1 aliphatic carbocycles. The average molecular weight is 448 g/mol. The van der Waals surface area contributed by atoms with E-state index in [-0.39, 0.29) is 22.6 Å². The van der Waals surface area contributed by atoms with Crippen LogP contribution in [0.25, 0.3) is 11.5 Å². The van der Waals surface area contributed by atoms with Crippen molar-refractivity contribution < 1.29 is 17.6 Å². The first kappa shape index (κ1) is 17.9. The van der Waals surface area contributed by atoms with E-state index in [1.54, 1.807) is 12.1 Å². The van der Waals surface area contributed by atoms with Crippen LogP contribution in [0, 0.1) is 5.92 Å². The van der Waals surface area contributed by atoms with E-state index in [0.29, 0.717) is 12.0 Å². The van der Waals surface area contributed by atoms with Crippen LogP contribution in [0.1, 0.15) is 17.9 Å². The molecule has 27 heavy (non-hydrogen) atoms.